The molecule has 1 aromatic heterocycles. The number of halogens is 1. The summed E-state index contributed by atoms with van der Waals surface area (Å²) in [5, 5.41) is -0.401. The van der Waals surface area contributed by atoms with Crippen molar-refractivity contribution in [1.82, 2.24) is 9.55 Å². The van der Waals surface area contributed by atoms with Gasteiger partial charge in [0, 0.05) is 24.5 Å². The summed E-state index contributed by atoms with van der Waals surface area (Å²) in [5.74, 6) is 1.01. The number of hydrogen-bond donors (Lipinski definition) is 1. The SMILES string of the molecule is Cl.NC1CCc2cnc(C3CCCS3(=O)=O)n2C1. The molecule has 2 aliphatic heterocycles. The van der Waals surface area contributed by atoms with E-state index < -0.39 is 15.1 Å². The predicted octanol–water partition coefficient (Wildman–Crippen LogP) is 0.828. The van der Waals surface area contributed by atoms with E-state index in [2.05, 4.69) is 4.98 Å². The van der Waals surface area contributed by atoms with Crippen LogP contribution < -0.4 is 5.73 Å². The molecule has 5 nitrogen and oxygen atoms in total. The van der Waals surface area contributed by atoms with E-state index in [1.54, 1.807) is 0 Å². The first kappa shape index (κ1) is 13.8. The second kappa shape index (κ2) is 4.83. The molecule has 0 saturated carbocycles. The smallest absolute Gasteiger partial charge is 0.160 e. The Labute approximate surface area is 113 Å². The average molecular weight is 292 g/mol. The molecule has 2 aliphatic rings. The average Bonchev–Trinajstić information content (AvgIpc) is 2.80. The van der Waals surface area contributed by atoms with Crippen molar-refractivity contribution in [3.63, 3.8) is 0 Å². The summed E-state index contributed by atoms with van der Waals surface area (Å²) in [6.07, 6.45) is 5.13. The Bertz CT molecular complexity index is 540. The maximum atomic E-state index is 11.9. The molecule has 3 heterocycles. The van der Waals surface area contributed by atoms with Gasteiger partial charge >= 0.3 is 0 Å². The first-order chi connectivity index (χ1) is 8.08. The van der Waals surface area contributed by atoms with E-state index in [-0.39, 0.29) is 18.4 Å². The molecule has 3 rings (SSSR count). The molecule has 0 spiro atoms. The molecule has 7 heteroatoms. The third kappa shape index (κ3) is 2.17. The summed E-state index contributed by atoms with van der Waals surface area (Å²) >= 11 is 0. The van der Waals surface area contributed by atoms with Crippen molar-refractivity contribution in [3.05, 3.63) is 17.7 Å². The van der Waals surface area contributed by atoms with Gasteiger partial charge in [-0.15, -0.1) is 12.4 Å². The molecule has 0 aromatic carbocycles. The fourth-order valence-corrected chi connectivity index (χ4v) is 4.72. The van der Waals surface area contributed by atoms with Crippen LogP contribution in [0.2, 0.25) is 0 Å². The highest BCUT2D eigenvalue weighted by atomic mass is 35.5. The Kier molecular flexibility index (Phi) is 3.71. The molecular formula is C11H18ClN3O2S. The van der Waals surface area contributed by atoms with Crippen molar-refractivity contribution in [2.24, 2.45) is 5.73 Å². The quantitative estimate of drug-likeness (QED) is 0.831. The lowest BCUT2D eigenvalue weighted by atomic mass is 10.1. The van der Waals surface area contributed by atoms with E-state index >= 15 is 0 Å². The van der Waals surface area contributed by atoms with Gasteiger partial charge in [-0.2, -0.15) is 0 Å². The molecule has 1 fully saturated rings. The Morgan fingerprint density at radius 1 is 1.39 bits per heavy atom. The molecule has 0 bridgehead atoms. The van der Waals surface area contributed by atoms with Crippen molar-refractivity contribution in [3.8, 4) is 0 Å². The van der Waals surface area contributed by atoms with Gasteiger partial charge in [-0.25, -0.2) is 13.4 Å². The van der Waals surface area contributed by atoms with Crippen molar-refractivity contribution < 1.29 is 8.42 Å². The lowest BCUT2D eigenvalue weighted by molar-refractivity contribution is 0.445. The number of imidazole rings is 1. The maximum absolute atomic E-state index is 11.9. The van der Waals surface area contributed by atoms with Gasteiger partial charge < -0.3 is 10.3 Å². The number of aromatic nitrogens is 2. The van der Waals surface area contributed by atoms with E-state index in [1.807, 2.05) is 10.8 Å². The summed E-state index contributed by atoms with van der Waals surface area (Å²) < 4.78 is 25.9. The summed E-state index contributed by atoms with van der Waals surface area (Å²) in [7, 11) is -2.99. The zero-order valence-corrected chi connectivity index (χ0v) is 11.7. The molecule has 0 aliphatic carbocycles. The van der Waals surface area contributed by atoms with Gasteiger partial charge in [0.25, 0.3) is 0 Å². The number of fused-ring (bicyclic) bond motifs is 1. The molecular weight excluding hydrogens is 274 g/mol. The number of aryl methyl sites for hydroxylation is 1. The lowest BCUT2D eigenvalue weighted by Gasteiger charge is -2.23. The lowest BCUT2D eigenvalue weighted by Crippen LogP contribution is -2.33. The second-order valence-corrected chi connectivity index (χ2v) is 7.32. The highest BCUT2D eigenvalue weighted by Gasteiger charge is 2.37. The van der Waals surface area contributed by atoms with Crippen molar-refractivity contribution in [1.29, 1.82) is 0 Å². The Balaban J connectivity index is 0.00000120. The van der Waals surface area contributed by atoms with Crippen LogP contribution in [0.1, 0.15) is 36.0 Å². The van der Waals surface area contributed by atoms with Crippen LogP contribution in [0.5, 0.6) is 0 Å². The van der Waals surface area contributed by atoms with Gasteiger partial charge in [-0.3, -0.25) is 0 Å². The first-order valence-corrected chi connectivity index (χ1v) is 7.81. The van der Waals surface area contributed by atoms with E-state index in [0.717, 1.165) is 25.0 Å². The Morgan fingerprint density at radius 3 is 2.83 bits per heavy atom. The molecule has 0 amide bonds. The molecule has 2 unspecified atom stereocenters. The third-order valence-electron chi connectivity index (χ3n) is 3.77. The monoisotopic (exact) mass is 291 g/mol. The minimum absolute atomic E-state index is 0. The van der Waals surface area contributed by atoms with Crippen molar-refractivity contribution in [2.75, 3.05) is 5.75 Å². The molecule has 2 atom stereocenters. The van der Waals surface area contributed by atoms with Gasteiger partial charge in [0.05, 0.1) is 5.75 Å². The van der Waals surface area contributed by atoms with E-state index in [4.69, 9.17) is 5.73 Å². The van der Waals surface area contributed by atoms with E-state index in [9.17, 15) is 8.42 Å². The highest BCUT2D eigenvalue weighted by Crippen LogP contribution is 2.35. The zero-order chi connectivity index (χ0) is 12.0. The van der Waals surface area contributed by atoms with Crippen LogP contribution >= 0.6 is 12.4 Å². The van der Waals surface area contributed by atoms with Gasteiger partial charge in [-0.05, 0) is 25.7 Å². The summed E-state index contributed by atoms with van der Waals surface area (Å²) in [6, 6.07) is 0.125. The van der Waals surface area contributed by atoms with Gasteiger partial charge in [0.15, 0.2) is 9.84 Å². The zero-order valence-electron chi connectivity index (χ0n) is 10.1. The number of nitrogens with two attached hydrogens (primary N) is 1. The van der Waals surface area contributed by atoms with E-state index in [1.165, 1.54) is 0 Å². The van der Waals surface area contributed by atoms with Crippen LogP contribution in [0, 0.1) is 0 Å². The predicted molar refractivity (Wildman–Crippen MR) is 71.5 cm³/mol. The number of nitrogens with zero attached hydrogens (tertiary/aromatic N) is 2. The third-order valence-corrected chi connectivity index (χ3v) is 5.95. The van der Waals surface area contributed by atoms with Crippen LogP contribution in [0.25, 0.3) is 0 Å². The van der Waals surface area contributed by atoms with Crippen molar-refractivity contribution in [2.45, 2.75) is 43.5 Å². The second-order valence-electron chi connectivity index (χ2n) is 5.01. The summed E-state index contributed by atoms with van der Waals surface area (Å²) in [5.41, 5.74) is 7.07. The van der Waals surface area contributed by atoms with Crippen LogP contribution in [-0.4, -0.2) is 29.8 Å². The number of hydrogen-bond acceptors (Lipinski definition) is 4. The van der Waals surface area contributed by atoms with Crippen molar-refractivity contribution >= 4 is 22.2 Å². The molecule has 2 N–H and O–H groups in total. The highest BCUT2D eigenvalue weighted by molar-refractivity contribution is 7.91. The van der Waals surface area contributed by atoms with Crippen LogP contribution in [-0.2, 0) is 22.8 Å². The van der Waals surface area contributed by atoms with Gasteiger partial charge in [0.1, 0.15) is 11.1 Å². The molecule has 102 valence electrons. The van der Waals surface area contributed by atoms with Crippen LogP contribution in [0.15, 0.2) is 6.20 Å². The fraction of sp³-hybridized carbons (Fsp3) is 0.727. The number of sulfone groups is 1. The number of rotatable bonds is 1. The minimum atomic E-state index is -2.99. The summed E-state index contributed by atoms with van der Waals surface area (Å²) in [4.78, 5) is 4.34. The van der Waals surface area contributed by atoms with Crippen LogP contribution in [0.4, 0.5) is 0 Å². The summed E-state index contributed by atoms with van der Waals surface area (Å²) in [6.45, 7) is 0.705. The maximum Gasteiger partial charge on any atom is 0.160 e. The standard InChI is InChI=1S/C11H17N3O2S.ClH/c12-8-3-4-9-6-13-11(14(9)7-8)10-2-1-5-17(10,15)16;/h6,8,10H,1-5,7,12H2;1H. The Morgan fingerprint density at radius 2 is 2.17 bits per heavy atom. The topological polar surface area (TPSA) is 78.0 Å². The molecule has 0 radical (unpaired) electrons. The largest absolute Gasteiger partial charge is 0.329 e. The minimum Gasteiger partial charge on any atom is -0.329 e. The van der Waals surface area contributed by atoms with Gasteiger partial charge in [0.2, 0.25) is 0 Å². The van der Waals surface area contributed by atoms with E-state index in [0.29, 0.717) is 24.5 Å². The first-order valence-electron chi connectivity index (χ1n) is 6.09. The molecule has 1 saturated heterocycles. The fourth-order valence-electron chi connectivity index (χ4n) is 2.83. The Hall–Kier alpha value is -0.590. The molecule has 18 heavy (non-hydrogen) atoms. The van der Waals surface area contributed by atoms with Crippen LogP contribution in [0.3, 0.4) is 0 Å². The van der Waals surface area contributed by atoms with Gasteiger partial charge in [-0.1, -0.05) is 0 Å². The normalized spacial score (nSPS) is 29.6. The molecule has 1 aromatic rings.